The second kappa shape index (κ2) is 8.44. The molecule has 1 aromatic carbocycles. The molecular weight excluding hydrogens is 398 g/mol. The zero-order chi connectivity index (χ0) is 20.4. The molecule has 152 valence electrons. The van der Waals surface area contributed by atoms with Crippen LogP contribution < -0.4 is 0 Å². The Labute approximate surface area is 180 Å². The van der Waals surface area contributed by atoms with E-state index in [4.69, 9.17) is 0 Å². The van der Waals surface area contributed by atoms with Gasteiger partial charge in [0.15, 0.2) is 16.8 Å². The third kappa shape index (κ3) is 4.48. The number of rotatable bonds is 6. The summed E-state index contributed by atoms with van der Waals surface area (Å²) in [5.74, 6) is 1.47. The molecule has 4 nitrogen and oxygen atoms in total. The number of benzene rings is 1. The molecule has 1 saturated carbocycles. The van der Waals surface area contributed by atoms with E-state index in [1.165, 1.54) is 41.5 Å². The molecule has 0 aliphatic heterocycles. The van der Waals surface area contributed by atoms with Crippen LogP contribution in [0.5, 0.6) is 0 Å². The molecule has 0 spiro atoms. The number of hydrogen-bond donors (Lipinski definition) is 0. The first-order valence-electron chi connectivity index (χ1n) is 10.2. The standard InChI is InChI=1S/C23H27N3OS2/c1-23(2,3)17-12-10-16(11-13-17)21-24-25-22(26(21)18-7-4-5-8-18)29-15-19(27)20-9-6-14-28-20/h6,9-14,18H,4-5,7-8,15H2,1-3H3. The fraction of sp³-hybridized carbons (Fsp3) is 0.435. The zero-order valence-electron chi connectivity index (χ0n) is 17.2. The van der Waals surface area contributed by atoms with Gasteiger partial charge in [-0.1, -0.05) is 75.7 Å². The maximum Gasteiger partial charge on any atom is 0.192 e. The van der Waals surface area contributed by atoms with Gasteiger partial charge >= 0.3 is 0 Å². The molecule has 0 radical (unpaired) electrons. The van der Waals surface area contributed by atoms with Crippen LogP contribution in [0.2, 0.25) is 0 Å². The third-order valence-electron chi connectivity index (χ3n) is 5.49. The Morgan fingerprint density at radius 3 is 2.48 bits per heavy atom. The Morgan fingerprint density at radius 2 is 1.86 bits per heavy atom. The molecule has 4 rings (SSSR count). The van der Waals surface area contributed by atoms with Crippen LogP contribution >= 0.6 is 23.1 Å². The van der Waals surface area contributed by atoms with Crippen LogP contribution in [0.15, 0.2) is 46.9 Å². The number of carbonyl (C=O) groups excluding carboxylic acids is 1. The Bertz CT molecular complexity index is 963. The second-order valence-corrected chi connectivity index (χ2v) is 10.5. The van der Waals surface area contributed by atoms with Crippen molar-refractivity contribution in [1.29, 1.82) is 0 Å². The van der Waals surface area contributed by atoms with E-state index < -0.39 is 0 Å². The van der Waals surface area contributed by atoms with E-state index in [1.54, 1.807) is 0 Å². The number of carbonyl (C=O) groups is 1. The molecule has 0 saturated heterocycles. The van der Waals surface area contributed by atoms with Crippen LogP contribution in [-0.4, -0.2) is 26.3 Å². The minimum absolute atomic E-state index is 0.126. The van der Waals surface area contributed by atoms with Gasteiger partial charge in [0.2, 0.25) is 0 Å². The van der Waals surface area contributed by atoms with E-state index >= 15 is 0 Å². The topological polar surface area (TPSA) is 47.8 Å². The summed E-state index contributed by atoms with van der Waals surface area (Å²) in [6.45, 7) is 6.67. The predicted octanol–water partition coefficient (Wildman–Crippen LogP) is 6.39. The summed E-state index contributed by atoms with van der Waals surface area (Å²) in [5, 5.41) is 11.8. The van der Waals surface area contributed by atoms with Gasteiger partial charge in [-0.2, -0.15) is 0 Å². The quantitative estimate of drug-likeness (QED) is 0.339. The molecule has 0 amide bonds. The molecule has 3 aromatic rings. The summed E-state index contributed by atoms with van der Waals surface area (Å²) in [6.07, 6.45) is 4.78. The Kier molecular flexibility index (Phi) is 5.93. The van der Waals surface area contributed by atoms with Crippen LogP contribution in [0.25, 0.3) is 11.4 Å². The summed E-state index contributed by atoms with van der Waals surface area (Å²) in [5.41, 5.74) is 2.53. The molecule has 1 aliphatic carbocycles. The van der Waals surface area contributed by atoms with Crippen molar-refractivity contribution in [2.24, 2.45) is 0 Å². The van der Waals surface area contributed by atoms with Crippen LogP contribution in [0.3, 0.4) is 0 Å². The number of thioether (sulfide) groups is 1. The second-order valence-electron chi connectivity index (χ2n) is 8.63. The van der Waals surface area contributed by atoms with E-state index in [-0.39, 0.29) is 11.2 Å². The molecule has 2 heterocycles. The number of hydrogen-bond acceptors (Lipinski definition) is 5. The molecule has 0 unspecified atom stereocenters. The van der Waals surface area contributed by atoms with E-state index in [1.807, 2.05) is 17.5 Å². The van der Waals surface area contributed by atoms with E-state index in [0.717, 1.165) is 34.3 Å². The highest BCUT2D eigenvalue weighted by molar-refractivity contribution is 7.99. The minimum Gasteiger partial charge on any atom is -0.299 e. The summed E-state index contributed by atoms with van der Waals surface area (Å²) in [6, 6.07) is 12.9. The van der Waals surface area contributed by atoms with Crippen LogP contribution in [0.4, 0.5) is 0 Å². The number of nitrogens with zero attached hydrogens (tertiary/aromatic N) is 3. The van der Waals surface area contributed by atoms with Gasteiger partial charge in [0, 0.05) is 11.6 Å². The SMILES string of the molecule is CC(C)(C)c1ccc(-c2nnc(SCC(=O)c3cccs3)n2C2CCCC2)cc1. The maximum absolute atomic E-state index is 12.5. The van der Waals surface area contributed by atoms with Gasteiger partial charge in [0.25, 0.3) is 0 Å². The first-order valence-corrected chi connectivity index (χ1v) is 12.1. The smallest absolute Gasteiger partial charge is 0.192 e. The summed E-state index contributed by atoms with van der Waals surface area (Å²) in [4.78, 5) is 13.3. The molecule has 29 heavy (non-hydrogen) atoms. The highest BCUT2D eigenvalue weighted by Gasteiger charge is 2.25. The predicted molar refractivity (Wildman–Crippen MR) is 121 cm³/mol. The summed E-state index contributed by atoms with van der Waals surface area (Å²) < 4.78 is 2.28. The van der Waals surface area contributed by atoms with Crippen molar-refractivity contribution in [3.05, 3.63) is 52.2 Å². The fourth-order valence-corrected chi connectivity index (χ4v) is 5.47. The first-order chi connectivity index (χ1) is 13.9. The number of Topliss-reactive ketones (excluding diaryl/α,β-unsaturated/α-hetero) is 1. The lowest BCUT2D eigenvalue weighted by atomic mass is 9.86. The van der Waals surface area contributed by atoms with Crippen LogP contribution in [0, 0.1) is 0 Å². The first kappa shape index (κ1) is 20.4. The third-order valence-corrected chi connectivity index (χ3v) is 7.35. The molecule has 1 aliphatic rings. The van der Waals surface area contributed by atoms with Crippen LogP contribution in [0.1, 0.15) is 67.7 Å². The average Bonchev–Trinajstić information content (AvgIpc) is 3.46. The molecule has 0 N–H and O–H groups in total. The molecule has 6 heteroatoms. The van der Waals surface area contributed by atoms with E-state index in [0.29, 0.717) is 11.8 Å². The van der Waals surface area contributed by atoms with Gasteiger partial charge in [-0.15, -0.1) is 21.5 Å². The lowest BCUT2D eigenvalue weighted by molar-refractivity contribution is 0.102. The van der Waals surface area contributed by atoms with Crippen molar-refractivity contribution in [2.45, 2.75) is 63.1 Å². The maximum atomic E-state index is 12.5. The van der Waals surface area contributed by atoms with Gasteiger partial charge in [0.1, 0.15) is 0 Å². The van der Waals surface area contributed by atoms with Gasteiger partial charge in [-0.3, -0.25) is 9.36 Å². The number of ketones is 1. The van der Waals surface area contributed by atoms with Crippen molar-refractivity contribution in [2.75, 3.05) is 5.75 Å². The van der Waals surface area contributed by atoms with Gasteiger partial charge in [-0.05, 0) is 35.3 Å². The fourth-order valence-electron chi connectivity index (χ4n) is 3.82. The number of thiophene rings is 1. The van der Waals surface area contributed by atoms with Crippen molar-refractivity contribution >= 4 is 28.9 Å². The molecule has 2 aromatic heterocycles. The molecule has 0 bridgehead atoms. The lowest BCUT2D eigenvalue weighted by Crippen LogP contribution is -2.11. The van der Waals surface area contributed by atoms with E-state index in [2.05, 4.69) is 59.8 Å². The van der Waals surface area contributed by atoms with Crippen molar-refractivity contribution in [1.82, 2.24) is 14.8 Å². The van der Waals surface area contributed by atoms with Crippen molar-refractivity contribution < 1.29 is 4.79 Å². The summed E-state index contributed by atoms with van der Waals surface area (Å²) in [7, 11) is 0. The normalized spacial score (nSPS) is 15.1. The van der Waals surface area contributed by atoms with Gasteiger partial charge in [-0.25, -0.2) is 0 Å². The van der Waals surface area contributed by atoms with Gasteiger partial charge in [0.05, 0.1) is 10.6 Å². The van der Waals surface area contributed by atoms with Crippen molar-refractivity contribution in [3.63, 3.8) is 0 Å². The van der Waals surface area contributed by atoms with E-state index in [9.17, 15) is 4.79 Å². The van der Waals surface area contributed by atoms with Crippen molar-refractivity contribution in [3.8, 4) is 11.4 Å². The molecule has 1 fully saturated rings. The Morgan fingerprint density at radius 1 is 1.14 bits per heavy atom. The summed E-state index contributed by atoms with van der Waals surface area (Å²) >= 11 is 3.00. The monoisotopic (exact) mass is 425 g/mol. The number of aromatic nitrogens is 3. The lowest BCUT2D eigenvalue weighted by Gasteiger charge is -2.20. The van der Waals surface area contributed by atoms with Gasteiger partial charge < -0.3 is 0 Å². The average molecular weight is 426 g/mol. The Balaban J connectivity index is 1.61. The largest absolute Gasteiger partial charge is 0.299 e. The zero-order valence-corrected chi connectivity index (χ0v) is 18.9. The highest BCUT2D eigenvalue weighted by atomic mass is 32.2. The molecule has 0 atom stereocenters. The Hall–Kier alpha value is -1.92. The minimum atomic E-state index is 0.126. The highest BCUT2D eigenvalue weighted by Crippen LogP contribution is 2.37. The van der Waals surface area contributed by atoms with Crippen LogP contribution in [-0.2, 0) is 5.41 Å². The molecular formula is C23H27N3OS2.